The van der Waals surface area contributed by atoms with Gasteiger partial charge < -0.3 is 10.3 Å². The van der Waals surface area contributed by atoms with Crippen molar-refractivity contribution in [2.45, 2.75) is 52.0 Å². The van der Waals surface area contributed by atoms with Crippen molar-refractivity contribution in [3.8, 4) is 0 Å². The summed E-state index contributed by atoms with van der Waals surface area (Å²) in [6, 6.07) is 8.76. The Morgan fingerprint density at radius 2 is 2.10 bits per heavy atom. The zero-order valence-electron chi connectivity index (χ0n) is 12.9. The number of carbonyl (C=O) groups excluding carboxylic acids is 1. The molecule has 1 aromatic carbocycles. The summed E-state index contributed by atoms with van der Waals surface area (Å²) in [6.07, 6.45) is 4.86. The van der Waals surface area contributed by atoms with Crippen LogP contribution in [0.3, 0.4) is 0 Å². The van der Waals surface area contributed by atoms with Crippen LogP contribution >= 0.6 is 0 Å². The van der Waals surface area contributed by atoms with E-state index in [4.69, 9.17) is 0 Å². The van der Waals surface area contributed by atoms with Crippen LogP contribution in [0.15, 0.2) is 24.3 Å². The molecule has 21 heavy (non-hydrogen) atoms. The number of fused-ring (bicyclic) bond motifs is 3. The molecule has 2 aromatic rings. The summed E-state index contributed by atoms with van der Waals surface area (Å²) in [6.45, 7) is 4.18. The van der Waals surface area contributed by atoms with Crippen LogP contribution < -0.4 is 5.32 Å². The van der Waals surface area contributed by atoms with Gasteiger partial charge in [-0.25, -0.2) is 0 Å². The fourth-order valence-electron chi connectivity index (χ4n) is 3.48. The van der Waals surface area contributed by atoms with Crippen molar-refractivity contribution in [1.29, 1.82) is 0 Å². The lowest BCUT2D eigenvalue weighted by Gasteiger charge is -2.25. The maximum Gasteiger partial charge on any atom is 0.223 e. The predicted molar refractivity (Wildman–Crippen MR) is 86.3 cm³/mol. The third kappa shape index (κ3) is 2.69. The molecule has 3 rings (SSSR count). The molecule has 1 atom stereocenters. The highest BCUT2D eigenvalue weighted by Gasteiger charge is 2.25. The van der Waals surface area contributed by atoms with Crippen LogP contribution in [-0.4, -0.2) is 16.9 Å². The highest BCUT2D eigenvalue weighted by Crippen LogP contribution is 2.29. The van der Waals surface area contributed by atoms with Gasteiger partial charge in [0.05, 0.1) is 0 Å². The average molecular weight is 284 g/mol. The van der Waals surface area contributed by atoms with Crippen molar-refractivity contribution >= 4 is 16.8 Å². The van der Waals surface area contributed by atoms with Gasteiger partial charge in [0, 0.05) is 35.0 Å². The molecule has 1 heterocycles. The quantitative estimate of drug-likeness (QED) is 0.885. The Morgan fingerprint density at radius 1 is 1.33 bits per heavy atom. The van der Waals surface area contributed by atoms with E-state index in [1.165, 1.54) is 22.2 Å². The number of hydrogen-bond donors (Lipinski definition) is 2. The van der Waals surface area contributed by atoms with Gasteiger partial charge in [-0.15, -0.1) is 0 Å². The van der Waals surface area contributed by atoms with Gasteiger partial charge in [-0.1, -0.05) is 32.0 Å². The lowest BCUT2D eigenvalue weighted by atomic mass is 9.91. The van der Waals surface area contributed by atoms with Gasteiger partial charge in [0.25, 0.3) is 0 Å². The van der Waals surface area contributed by atoms with Gasteiger partial charge in [0.15, 0.2) is 0 Å². The zero-order valence-corrected chi connectivity index (χ0v) is 12.9. The fourth-order valence-corrected chi connectivity index (χ4v) is 3.48. The Morgan fingerprint density at radius 3 is 2.86 bits per heavy atom. The van der Waals surface area contributed by atoms with Gasteiger partial charge in [-0.05, 0) is 37.3 Å². The minimum absolute atomic E-state index is 0.161. The van der Waals surface area contributed by atoms with E-state index in [-0.39, 0.29) is 17.9 Å². The van der Waals surface area contributed by atoms with E-state index in [2.05, 4.69) is 48.4 Å². The first-order chi connectivity index (χ1) is 10.2. The van der Waals surface area contributed by atoms with Crippen LogP contribution in [0.25, 0.3) is 10.9 Å². The lowest BCUT2D eigenvalue weighted by molar-refractivity contribution is -0.126. The molecular formula is C18H24N2O. The Bertz CT molecular complexity index is 640. The molecule has 1 aromatic heterocycles. The number of aromatic amines is 1. The van der Waals surface area contributed by atoms with Crippen LogP contribution in [0.1, 0.15) is 44.4 Å². The predicted octanol–water partition coefficient (Wildman–Crippen LogP) is 3.58. The lowest BCUT2D eigenvalue weighted by Crippen LogP contribution is -2.41. The molecule has 0 fully saturated rings. The van der Waals surface area contributed by atoms with E-state index in [0.717, 1.165) is 32.1 Å². The molecule has 0 saturated carbocycles. The second-order valence-corrected chi connectivity index (χ2v) is 6.09. The van der Waals surface area contributed by atoms with Crippen LogP contribution in [0.2, 0.25) is 0 Å². The summed E-state index contributed by atoms with van der Waals surface area (Å²) in [4.78, 5) is 15.8. The van der Waals surface area contributed by atoms with Crippen molar-refractivity contribution in [3.05, 3.63) is 35.5 Å². The monoisotopic (exact) mass is 284 g/mol. The second kappa shape index (κ2) is 5.92. The summed E-state index contributed by atoms with van der Waals surface area (Å²) in [5.41, 5.74) is 3.96. The second-order valence-electron chi connectivity index (χ2n) is 6.09. The van der Waals surface area contributed by atoms with Gasteiger partial charge in [0.2, 0.25) is 5.91 Å². The van der Waals surface area contributed by atoms with E-state index in [1.54, 1.807) is 0 Å². The molecular weight excluding hydrogens is 260 g/mol. The largest absolute Gasteiger partial charge is 0.358 e. The first-order valence-electron chi connectivity index (χ1n) is 8.11. The smallest absolute Gasteiger partial charge is 0.223 e. The van der Waals surface area contributed by atoms with E-state index >= 15 is 0 Å². The number of para-hydroxylation sites is 1. The highest BCUT2D eigenvalue weighted by molar-refractivity contribution is 5.85. The fraction of sp³-hybridized carbons (Fsp3) is 0.500. The molecule has 1 aliphatic rings. The molecule has 0 saturated heterocycles. The van der Waals surface area contributed by atoms with Crippen LogP contribution in [-0.2, 0) is 17.6 Å². The summed E-state index contributed by atoms with van der Waals surface area (Å²) < 4.78 is 0. The van der Waals surface area contributed by atoms with E-state index in [9.17, 15) is 4.79 Å². The number of rotatable bonds is 4. The third-order valence-electron chi connectivity index (χ3n) is 4.80. The molecule has 1 amide bonds. The zero-order chi connectivity index (χ0) is 14.8. The third-order valence-corrected chi connectivity index (χ3v) is 4.80. The number of amides is 1. The van der Waals surface area contributed by atoms with Crippen LogP contribution in [0.5, 0.6) is 0 Å². The van der Waals surface area contributed by atoms with Crippen LogP contribution in [0.4, 0.5) is 0 Å². The Hall–Kier alpha value is -1.77. The number of nitrogens with one attached hydrogen (secondary N) is 2. The summed E-state index contributed by atoms with van der Waals surface area (Å²) in [5.74, 6) is 0.388. The Kier molecular flexibility index (Phi) is 4.00. The van der Waals surface area contributed by atoms with E-state index < -0.39 is 0 Å². The Balaban J connectivity index is 1.74. The number of carbonyl (C=O) groups is 1. The van der Waals surface area contributed by atoms with Crippen molar-refractivity contribution in [1.82, 2.24) is 10.3 Å². The molecule has 2 N–H and O–H groups in total. The molecule has 1 unspecified atom stereocenters. The number of benzene rings is 1. The highest BCUT2D eigenvalue weighted by atomic mass is 16.1. The maximum absolute atomic E-state index is 12.2. The molecule has 3 nitrogen and oxygen atoms in total. The number of aromatic nitrogens is 1. The van der Waals surface area contributed by atoms with Crippen molar-refractivity contribution in [2.75, 3.05) is 0 Å². The maximum atomic E-state index is 12.2. The molecule has 1 aliphatic carbocycles. The average Bonchev–Trinajstić information content (AvgIpc) is 2.86. The summed E-state index contributed by atoms with van der Waals surface area (Å²) in [5, 5.41) is 4.59. The molecule has 0 bridgehead atoms. The molecule has 0 aliphatic heterocycles. The molecule has 112 valence electrons. The van der Waals surface area contributed by atoms with Crippen molar-refractivity contribution < 1.29 is 4.79 Å². The molecule has 3 heteroatoms. The van der Waals surface area contributed by atoms with E-state index in [1.807, 2.05) is 0 Å². The van der Waals surface area contributed by atoms with Crippen LogP contribution in [0, 0.1) is 5.92 Å². The van der Waals surface area contributed by atoms with Gasteiger partial charge in [0.1, 0.15) is 0 Å². The van der Waals surface area contributed by atoms with Gasteiger partial charge in [-0.2, -0.15) is 0 Å². The molecule has 0 radical (unpaired) electrons. The van der Waals surface area contributed by atoms with Gasteiger partial charge in [-0.3, -0.25) is 4.79 Å². The van der Waals surface area contributed by atoms with E-state index in [0.29, 0.717) is 0 Å². The van der Waals surface area contributed by atoms with Crippen molar-refractivity contribution in [2.24, 2.45) is 5.92 Å². The first-order valence-corrected chi connectivity index (χ1v) is 8.11. The normalized spacial score (nSPS) is 18.0. The first kappa shape index (κ1) is 14.2. The Labute approximate surface area is 126 Å². The van der Waals surface area contributed by atoms with Crippen molar-refractivity contribution in [3.63, 3.8) is 0 Å². The minimum atomic E-state index is 0.161. The number of H-pyrrole nitrogens is 1. The summed E-state index contributed by atoms with van der Waals surface area (Å²) in [7, 11) is 0. The summed E-state index contributed by atoms with van der Waals surface area (Å²) >= 11 is 0. The minimum Gasteiger partial charge on any atom is -0.358 e. The SMILES string of the molecule is CCC(CC)C(=O)NC1CCc2c([nH]c3ccccc23)C1. The molecule has 0 spiro atoms. The topological polar surface area (TPSA) is 44.9 Å². The standard InChI is InChI=1S/C18H24N2O/c1-3-12(4-2)18(21)19-13-9-10-15-14-7-5-6-8-16(14)20-17(15)11-13/h5-8,12-13,20H,3-4,9-11H2,1-2H3,(H,19,21). The number of hydrogen-bond acceptors (Lipinski definition) is 1. The number of aryl methyl sites for hydroxylation is 1. The van der Waals surface area contributed by atoms with Gasteiger partial charge >= 0.3 is 0 Å².